The highest BCUT2D eigenvalue weighted by Crippen LogP contribution is 2.24. The first-order valence-corrected chi connectivity index (χ1v) is 13.9. The molecule has 7 heteroatoms. The third-order valence-corrected chi connectivity index (χ3v) is 7.45. The number of thiophene rings is 1. The molecule has 2 aromatic heterocycles. The largest absolute Gasteiger partial charge is 0.360 e. The minimum Gasteiger partial charge on any atom is -0.360 e. The standard InChI is InChI=1S/C15H18N4.C12H17NOS.C2H6/c1-8-4-9(2)13-11(5-8)12(7-17-13)15-18-6-10(3)14(16)19-15;1-9-11(7-8-15-9)12(14)13-10-5-3-2-4-6-10;1-2/h4-7,14,17H,16H2,1-3H3,(H,18,19);7-8,10H,2-6H2,1H3,(H,13,14);1-2H3. The van der Waals surface area contributed by atoms with Crippen LogP contribution in [0.25, 0.3) is 10.9 Å². The number of aliphatic imine (C=N–C) groups is 1. The molecule has 0 spiro atoms. The molecule has 1 aliphatic carbocycles. The summed E-state index contributed by atoms with van der Waals surface area (Å²) in [6.45, 7) is 12.2. The zero-order valence-electron chi connectivity index (χ0n) is 22.5. The molecule has 1 atom stereocenters. The van der Waals surface area contributed by atoms with Crippen molar-refractivity contribution in [3.8, 4) is 0 Å². The number of rotatable bonds is 3. The molecular weight excluding hydrogens is 466 g/mol. The highest BCUT2D eigenvalue weighted by atomic mass is 32.1. The molecule has 0 saturated heterocycles. The predicted molar refractivity (Wildman–Crippen MR) is 154 cm³/mol. The number of nitrogens with zero attached hydrogens (tertiary/aromatic N) is 1. The number of nitrogens with two attached hydrogens (primary N) is 1. The molecular formula is C29H41N5OS. The van der Waals surface area contributed by atoms with Crippen molar-refractivity contribution in [3.05, 3.63) is 68.7 Å². The van der Waals surface area contributed by atoms with Crippen LogP contribution in [0.1, 0.15) is 84.8 Å². The number of carbonyl (C=O) groups excluding carboxylic acids is 1. The van der Waals surface area contributed by atoms with Crippen LogP contribution in [-0.4, -0.2) is 28.9 Å². The zero-order chi connectivity index (χ0) is 26.2. The van der Waals surface area contributed by atoms with Gasteiger partial charge >= 0.3 is 0 Å². The van der Waals surface area contributed by atoms with Crippen LogP contribution < -0.4 is 16.4 Å². The van der Waals surface area contributed by atoms with Crippen molar-refractivity contribution < 1.29 is 4.79 Å². The number of aromatic amines is 1. The van der Waals surface area contributed by atoms with Crippen LogP contribution >= 0.6 is 11.3 Å². The van der Waals surface area contributed by atoms with Crippen LogP contribution in [0.15, 0.2) is 46.5 Å². The molecule has 5 N–H and O–H groups in total. The number of amides is 1. The Morgan fingerprint density at radius 1 is 1.11 bits per heavy atom. The van der Waals surface area contributed by atoms with Gasteiger partial charge in [-0.05, 0) is 69.2 Å². The molecule has 36 heavy (non-hydrogen) atoms. The van der Waals surface area contributed by atoms with Crippen molar-refractivity contribution in [2.75, 3.05) is 0 Å². The van der Waals surface area contributed by atoms with E-state index < -0.39 is 0 Å². The fourth-order valence-corrected chi connectivity index (χ4v) is 5.31. The minimum absolute atomic E-state index is 0.112. The van der Waals surface area contributed by atoms with Crippen LogP contribution in [0.4, 0.5) is 0 Å². The molecule has 6 nitrogen and oxygen atoms in total. The van der Waals surface area contributed by atoms with Gasteiger partial charge in [-0.3, -0.25) is 4.79 Å². The Labute approximate surface area is 219 Å². The maximum absolute atomic E-state index is 11.9. The number of H-pyrrole nitrogens is 1. The van der Waals surface area contributed by atoms with E-state index in [1.807, 2.05) is 51.5 Å². The van der Waals surface area contributed by atoms with Crippen LogP contribution in [0.3, 0.4) is 0 Å². The number of amidine groups is 1. The lowest BCUT2D eigenvalue weighted by molar-refractivity contribution is 0.0927. The monoisotopic (exact) mass is 507 g/mol. The molecule has 1 amide bonds. The molecule has 3 aromatic rings. The summed E-state index contributed by atoms with van der Waals surface area (Å²) in [5.41, 5.74) is 12.6. The Morgan fingerprint density at radius 2 is 1.83 bits per heavy atom. The Kier molecular flexibility index (Phi) is 9.90. The molecule has 0 bridgehead atoms. The molecule has 1 aliphatic heterocycles. The van der Waals surface area contributed by atoms with Gasteiger partial charge in [0.1, 0.15) is 12.0 Å². The van der Waals surface area contributed by atoms with Gasteiger partial charge in [-0.25, -0.2) is 4.99 Å². The highest BCUT2D eigenvalue weighted by Gasteiger charge is 2.18. The topological polar surface area (TPSA) is 95.3 Å². The van der Waals surface area contributed by atoms with Crippen molar-refractivity contribution in [2.45, 2.75) is 85.9 Å². The summed E-state index contributed by atoms with van der Waals surface area (Å²) < 4.78 is 0. The number of hydrogen-bond acceptors (Lipinski definition) is 5. The van der Waals surface area contributed by atoms with Crippen LogP contribution in [-0.2, 0) is 0 Å². The van der Waals surface area contributed by atoms with Gasteiger partial charge in [-0.1, -0.05) is 44.7 Å². The fourth-order valence-electron chi connectivity index (χ4n) is 4.61. The van der Waals surface area contributed by atoms with Crippen LogP contribution in [0.2, 0.25) is 0 Å². The average molecular weight is 508 g/mol. The van der Waals surface area contributed by atoms with Crippen molar-refractivity contribution in [3.63, 3.8) is 0 Å². The average Bonchev–Trinajstić information content (AvgIpc) is 3.50. The van der Waals surface area contributed by atoms with Crippen molar-refractivity contribution in [1.29, 1.82) is 0 Å². The zero-order valence-corrected chi connectivity index (χ0v) is 23.3. The van der Waals surface area contributed by atoms with E-state index in [-0.39, 0.29) is 12.1 Å². The van der Waals surface area contributed by atoms with E-state index in [9.17, 15) is 4.79 Å². The summed E-state index contributed by atoms with van der Waals surface area (Å²) >= 11 is 1.63. The lowest BCUT2D eigenvalue weighted by Gasteiger charge is -2.22. The smallest absolute Gasteiger partial charge is 0.252 e. The lowest BCUT2D eigenvalue weighted by atomic mass is 9.95. The van der Waals surface area contributed by atoms with Crippen LogP contribution in [0.5, 0.6) is 0 Å². The number of fused-ring (bicyclic) bond motifs is 1. The molecule has 1 unspecified atom stereocenters. The van der Waals surface area contributed by atoms with Gasteiger partial charge in [-0.2, -0.15) is 0 Å². The molecule has 5 rings (SSSR count). The highest BCUT2D eigenvalue weighted by molar-refractivity contribution is 7.10. The maximum Gasteiger partial charge on any atom is 0.252 e. The Morgan fingerprint density at radius 3 is 2.47 bits per heavy atom. The van der Waals surface area contributed by atoms with Gasteiger partial charge in [0.05, 0.1) is 5.56 Å². The summed E-state index contributed by atoms with van der Waals surface area (Å²) in [6.07, 6.45) is 9.79. The predicted octanol–water partition coefficient (Wildman–Crippen LogP) is 6.47. The maximum atomic E-state index is 11.9. The quantitative estimate of drug-likeness (QED) is 0.327. The first-order chi connectivity index (χ1) is 17.3. The summed E-state index contributed by atoms with van der Waals surface area (Å²) in [4.78, 5) is 20.8. The number of hydrogen-bond donors (Lipinski definition) is 4. The van der Waals surface area contributed by atoms with Crippen molar-refractivity contribution in [2.24, 2.45) is 10.7 Å². The van der Waals surface area contributed by atoms with E-state index in [2.05, 4.69) is 46.6 Å². The third kappa shape index (κ3) is 6.65. The second-order valence-corrected chi connectivity index (χ2v) is 10.5. The Hall–Kier alpha value is -2.90. The molecule has 1 fully saturated rings. The van der Waals surface area contributed by atoms with E-state index in [1.54, 1.807) is 11.3 Å². The molecule has 2 aliphatic rings. The Balaban J connectivity index is 0.000000193. The third-order valence-electron chi connectivity index (χ3n) is 6.60. The normalized spacial score (nSPS) is 17.6. The molecule has 3 heterocycles. The first-order valence-electron chi connectivity index (χ1n) is 13.0. The van der Waals surface area contributed by atoms with E-state index >= 15 is 0 Å². The van der Waals surface area contributed by atoms with Gasteiger partial charge in [0, 0.05) is 39.8 Å². The van der Waals surface area contributed by atoms with E-state index in [4.69, 9.17) is 5.73 Å². The number of carbonyl (C=O) groups is 1. The van der Waals surface area contributed by atoms with Gasteiger partial charge in [0.15, 0.2) is 0 Å². The second kappa shape index (κ2) is 12.9. The van der Waals surface area contributed by atoms with Gasteiger partial charge in [0.25, 0.3) is 5.91 Å². The number of aromatic nitrogens is 1. The fraction of sp³-hybridized carbons (Fsp3) is 0.448. The Bertz CT molecular complexity index is 1230. The molecule has 1 aromatic carbocycles. The van der Waals surface area contributed by atoms with E-state index in [0.717, 1.165) is 45.8 Å². The van der Waals surface area contributed by atoms with Crippen LogP contribution in [0, 0.1) is 20.8 Å². The van der Waals surface area contributed by atoms with Crippen molar-refractivity contribution in [1.82, 2.24) is 15.6 Å². The summed E-state index contributed by atoms with van der Waals surface area (Å²) in [6, 6.07) is 6.67. The number of nitrogens with one attached hydrogen (secondary N) is 3. The SMILES string of the molecule is CC.CC1=CNC(c2c[nH]c3c(C)cc(C)cc23)=NC1N.Cc1sccc1C(=O)NC1CCCCC1. The second-order valence-electron chi connectivity index (χ2n) is 9.36. The summed E-state index contributed by atoms with van der Waals surface area (Å²) in [5, 5.41) is 9.51. The molecule has 194 valence electrons. The van der Waals surface area contributed by atoms with E-state index in [1.165, 1.54) is 35.8 Å². The minimum atomic E-state index is -0.257. The number of benzene rings is 1. The van der Waals surface area contributed by atoms with Crippen molar-refractivity contribution >= 4 is 34.0 Å². The van der Waals surface area contributed by atoms with Gasteiger partial charge < -0.3 is 21.4 Å². The number of aryl methyl sites for hydroxylation is 3. The van der Waals surface area contributed by atoms with Gasteiger partial charge in [0.2, 0.25) is 0 Å². The van der Waals surface area contributed by atoms with E-state index in [0.29, 0.717) is 6.04 Å². The first kappa shape index (κ1) is 27.7. The molecule has 0 radical (unpaired) electrons. The lowest BCUT2D eigenvalue weighted by Crippen LogP contribution is -2.36. The van der Waals surface area contributed by atoms with Gasteiger partial charge in [-0.15, -0.1) is 11.3 Å². The summed E-state index contributed by atoms with van der Waals surface area (Å²) in [7, 11) is 0. The molecule has 1 saturated carbocycles. The summed E-state index contributed by atoms with van der Waals surface area (Å²) in [5.74, 6) is 0.940.